The summed E-state index contributed by atoms with van der Waals surface area (Å²) in [5.41, 5.74) is 0. The minimum Gasteiger partial charge on any atom is -0.259 e. The van der Waals surface area contributed by atoms with Crippen LogP contribution in [0, 0.1) is 12.5 Å². The van der Waals surface area contributed by atoms with E-state index in [0.717, 1.165) is 12.8 Å². The molecule has 3 radical (unpaired) electrons. The van der Waals surface area contributed by atoms with Crippen LogP contribution in [0.4, 0.5) is 0 Å². The number of rotatable bonds is 5. The van der Waals surface area contributed by atoms with Gasteiger partial charge in [0.15, 0.2) is 8.24 Å². The fourth-order valence-corrected chi connectivity index (χ4v) is 13.0. The Kier molecular flexibility index (Phi) is 6.58. The van der Waals surface area contributed by atoms with Crippen LogP contribution in [0.5, 0.6) is 0 Å². The highest BCUT2D eigenvalue weighted by atomic mass is 28.3. The Labute approximate surface area is 130 Å². The van der Waals surface area contributed by atoms with Crippen molar-refractivity contribution < 1.29 is 0 Å². The van der Waals surface area contributed by atoms with Gasteiger partial charge in [-0.2, -0.15) is 0 Å². The summed E-state index contributed by atoms with van der Waals surface area (Å²) in [5, 5.41) is 0.725. The summed E-state index contributed by atoms with van der Waals surface area (Å²) in [5.74, 6) is 0. The number of hydrogen-bond donors (Lipinski definition) is 0. The van der Waals surface area contributed by atoms with Gasteiger partial charge in [0.1, 0.15) is 0 Å². The summed E-state index contributed by atoms with van der Waals surface area (Å²) in [6, 6.07) is 1.32. The zero-order valence-electron chi connectivity index (χ0n) is 15.9. The van der Waals surface area contributed by atoms with Crippen molar-refractivity contribution in [1.29, 1.82) is 0 Å². The first-order chi connectivity index (χ1) is 8.74. The Morgan fingerprint density at radius 1 is 0.800 bits per heavy atom. The Morgan fingerprint density at radius 3 is 1.35 bits per heavy atom. The van der Waals surface area contributed by atoms with Gasteiger partial charge < -0.3 is 0 Å². The third-order valence-electron chi connectivity index (χ3n) is 4.37. The van der Waals surface area contributed by atoms with E-state index in [1.165, 1.54) is 6.04 Å². The van der Waals surface area contributed by atoms with Crippen LogP contribution < -0.4 is 4.98 Å². The predicted molar refractivity (Wildman–Crippen MR) is 95.2 cm³/mol. The Hall–Kier alpha value is 0.177. The maximum Gasteiger partial charge on any atom is 0.162 e. The van der Waals surface area contributed by atoms with Crippen molar-refractivity contribution in [1.82, 2.24) is 4.98 Å². The van der Waals surface area contributed by atoms with Gasteiger partial charge in [-0.25, -0.2) is 0 Å². The van der Waals surface area contributed by atoms with Crippen LogP contribution in [0.2, 0.25) is 15.1 Å². The van der Waals surface area contributed by atoms with Crippen LogP contribution in [-0.4, -0.2) is 8.24 Å². The largest absolute Gasteiger partial charge is 0.259 e. The Bertz CT molecular complexity index is 252. The lowest BCUT2D eigenvalue weighted by molar-refractivity contribution is 0.498. The number of nitrogens with zero attached hydrogens (tertiary/aromatic N) is 1. The highest BCUT2D eigenvalue weighted by molar-refractivity contribution is 6.85. The van der Waals surface area contributed by atoms with Crippen molar-refractivity contribution in [2.75, 3.05) is 0 Å². The molecule has 0 fully saturated rings. The molecule has 0 aliphatic heterocycles. The monoisotopic (exact) mass is 296 g/mol. The molecule has 0 aliphatic carbocycles. The van der Waals surface area contributed by atoms with Crippen molar-refractivity contribution in [2.45, 2.75) is 104 Å². The van der Waals surface area contributed by atoms with Crippen molar-refractivity contribution >= 4 is 8.24 Å². The van der Waals surface area contributed by atoms with E-state index in [0.29, 0.717) is 0 Å². The highest BCUT2D eigenvalue weighted by Crippen LogP contribution is 2.61. The average molecular weight is 297 g/mol. The number of hydrogen-bond acceptors (Lipinski definition) is 0. The third kappa shape index (κ3) is 3.88. The van der Waals surface area contributed by atoms with Gasteiger partial charge in [0.25, 0.3) is 0 Å². The Balaban J connectivity index is 5.91. The first-order valence-electron chi connectivity index (χ1n) is 8.16. The van der Waals surface area contributed by atoms with E-state index in [1.54, 1.807) is 0 Å². The first kappa shape index (κ1) is 20.2. The molecule has 0 heterocycles. The minimum absolute atomic E-state index is 0.242. The summed E-state index contributed by atoms with van der Waals surface area (Å²) in [6.07, 6.45) is 4.45. The normalized spacial score (nSPS) is 15.0. The molecule has 0 atom stereocenters. The second kappa shape index (κ2) is 6.52. The molecule has 20 heavy (non-hydrogen) atoms. The molecule has 0 aliphatic rings. The van der Waals surface area contributed by atoms with E-state index in [1.807, 2.05) is 0 Å². The van der Waals surface area contributed by atoms with E-state index in [2.05, 4.69) is 82.6 Å². The minimum atomic E-state index is -1.96. The van der Waals surface area contributed by atoms with E-state index in [-0.39, 0.29) is 15.1 Å². The molecule has 0 aromatic rings. The van der Waals surface area contributed by atoms with Gasteiger partial charge in [-0.15, -0.1) is 0 Å². The molecule has 0 bridgehead atoms. The molecule has 0 spiro atoms. The lowest BCUT2D eigenvalue weighted by Crippen LogP contribution is -2.65. The molecule has 119 valence electrons. The maximum absolute atomic E-state index is 5.53. The van der Waals surface area contributed by atoms with Crippen molar-refractivity contribution in [3.05, 3.63) is 12.5 Å². The van der Waals surface area contributed by atoms with Crippen molar-refractivity contribution in [3.63, 3.8) is 0 Å². The van der Waals surface area contributed by atoms with Crippen LogP contribution in [-0.2, 0) is 0 Å². The van der Waals surface area contributed by atoms with Gasteiger partial charge in [0.05, 0.1) is 0 Å². The fraction of sp³-hybridized carbons (Fsp3) is 0.889. The quantitative estimate of drug-likeness (QED) is 0.515. The zero-order valence-corrected chi connectivity index (χ0v) is 16.9. The summed E-state index contributed by atoms with van der Waals surface area (Å²) in [6.45, 7) is 26.1. The highest BCUT2D eigenvalue weighted by Gasteiger charge is 2.61. The summed E-state index contributed by atoms with van der Waals surface area (Å²) < 4.78 is 0. The van der Waals surface area contributed by atoms with Gasteiger partial charge in [-0.3, -0.25) is 4.98 Å². The molecule has 0 saturated heterocycles. The maximum atomic E-state index is 5.53. The van der Waals surface area contributed by atoms with Gasteiger partial charge in [0, 0.05) is 6.04 Å². The molecule has 0 aromatic heterocycles. The molecular weight excluding hydrogens is 258 g/mol. The lowest BCUT2D eigenvalue weighted by atomic mass is 10.1. The molecule has 0 amide bonds. The second-order valence-corrected chi connectivity index (χ2v) is 15.2. The zero-order chi connectivity index (χ0) is 16.4. The van der Waals surface area contributed by atoms with Crippen LogP contribution in [0.3, 0.4) is 0 Å². The lowest BCUT2D eigenvalue weighted by Gasteiger charge is -2.59. The molecular formula is C18H38NSi. The van der Waals surface area contributed by atoms with E-state index in [9.17, 15) is 0 Å². The molecule has 0 saturated carbocycles. The average Bonchev–Trinajstić information content (AvgIpc) is 2.18. The molecule has 2 heteroatoms. The van der Waals surface area contributed by atoms with Crippen LogP contribution >= 0.6 is 0 Å². The molecule has 0 N–H and O–H groups in total. The van der Waals surface area contributed by atoms with Crippen LogP contribution in [0.15, 0.2) is 0 Å². The molecule has 0 rings (SSSR count). The van der Waals surface area contributed by atoms with Gasteiger partial charge >= 0.3 is 0 Å². The van der Waals surface area contributed by atoms with E-state index >= 15 is 0 Å². The van der Waals surface area contributed by atoms with E-state index in [4.69, 9.17) is 4.98 Å². The third-order valence-corrected chi connectivity index (χ3v) is 11.5. The van der Waals surface area contributed by atoms with Crippen LogP contribution in [0.1, 0.15) is 89.0 Å². The fourth-order valence-electron chi connectivity index (χ4n) is 4.60. The van der Waals surface area contributed by atoms with Crippen molar-refractivity contribution in [2.24, 2.45) is 0 Å². The molecule has 0 unspecified atom stereocenters. The SMILES string of the molecule is CC[CH][C](CC)[N][Si](C(C)(C)C)(C(C)(C)C)C(C)(C)C. The summed E-state index contributed by atoms with van der Waals surface area (Å²) >= 11 is 0. The predicted octanol–water partition coefficient (Wildman–Crippen LogP) is 6.49. The van der Waals surface area contributed by atoms with Gasteiger partial charge in [-0.05, 0) is 28.0 Å². The van der Waals surface area contributed by atoms with Gasteiger partial charge in [0.2, 0.25) is 0 Å². The molecule has 0 aromatic carbocycles. The van der Waals surface area contributed by atoms with Crippen molar-refractivity contribution in [3.8, 4) is 0 Å². The topological polar surface area (TPSA) is 14.1 Å². The van der Waals surface area contributed by atoms with Crippen LogP contribution in [0.25, 0.3) is 0 Å². The Morgan fingerprint density at radius 2 is 1.15 bits per heavy atom. The van der Waals surface area contributed by atoms with Gasteiger partial charge in [-0.1, -0.05) is 82.6 Å². The van der Waals surface area contributed by atoms with E-state index < -0.39 is 8.24 Å². The standard InChI is InChI=1S/C18H38NSi/c1-12-14-15(13-2)19-20(16(3,4)5,17(6,7)8)18(9,10)11/h14H,12-13H2,1-11H3. The smallest absolute Gasteiger partial charge is 0.162 e. The molecule has 1 nitrogen and oxygen atoms in total. The second-order valence-electron chi connectivity index (χ2n) is 9.03. The summed E-state index contributed by atoms with van der Waals surface area (Å²) in [7, 11) is -1.96. The summed E-state index contributed by atoms with van der Waals surface area (Å²) in [4.78, 5) is 5.53. The first-order valence-corrected chi connectivity index (χ1v) is 10.1.